The Balaban J connectivity index is 3.01. The molecule has 1 aromatic rings. The third kappa shape index (κ3) is 1.13. The van der Waals surface area contributed by atoms with Crippen molar-refractivity contribution in [2.24, 2.45) is 7.05 Å². The fourth-order valence-electron chi connectivity index (χ4n) is 0.939. The van der Waals surface area contributed by atoms with Gasteiger partial charge in [-0.05, 0) is 18.1 Å². The van der Waals surface area contributed by atoms with Gasteiger partial charge in [-0.3, -0.25) is 0 Å². The van der Waals surface area contributed by atoms with Gasteiger partial charge in [-0.25, -0.2) is 0 Å². The van der Waals surface area contributed by atoms with E-state index in [2.05, 4.69) is 0 Å². The van der Waals surface area contributed by atoms with E-state index >= 15 is 0 Å². The summed E-state index contributed by atoms with van der Waals surface area (Å²) in [6, 6.07) is 0. The fourth-order valence-corrected chi connectivity index (χ4v) is 0.939. The van der Waals surface area contributed by atoms with E-state index in [1.165, 1.54) is 0 Å². The number of nitrogens with zero attached hydrogens (tertiary/aromatic N) is 1. The molecule has 0 aliphatic heterocycles. The lowest BCUT2D eigenvalue weighted by Gasteiger charge is -1.87. The molecule has 50 valence electrons. The van der Waals surface area contributed by atoms with Gasteiger partial charge in [0.05, 0.1) is 6.61 Å². The van der Waals surface area contributed by atoms with Crippen LogP contribution in [0.25, 0.3) is 0 Å². The second-order valence-corrected chi connectivity index (χ2v) is 2.29. The molecule has 0 spiro atoms. The van der Waals surface area contributed by atoms with Crippen molar-refractivity contribution in [3.63, 3.8) is 0 Å². The molecule has 0 saturated carbocycles. The summed E-state index contributed by atoms with van der Waals surface area (Å²) in [6.45, 7) is 2.14. The van der Waals surface area contributed by atoms with Crippen molar-refractivity contribution in [3.05, 3.63) is 23.5 Å². The highest BCUT2D eigenvalue weighted by Gasteiger charge is 1.96. The predicted octanol–water partition coefficient (Wildman–Crippen LogP) is 0.826. The lowest BCUT2D eigenvalue weighted by atomic mass is 10.2. The third-order valence-corrected chi connectivity index (χ3v) is 1.43. The van der Waals surface area contributed by atoms with Crippen molar-refractivity contribution >= 4 is 0 Å². The Bertz CT molecular complexity index is 203. The molecular formula is C7H11NO. The highest BCUT2D eigenvalue weighted by molar-refractivity contribution is 5.21. The van der Waals surface area contributed by atoms with Crippen molar-refractivity contribution in [2.75, 3.05) is 0 Å². The SMILES string of the molecule is Cc1cn(C)cc1CO. The van der Waals surface area contributed by atoms with Crippen molar-refractivity contribution in [2.45, 2.75) is 13.5 Å². The number of aliphatic hydroxyl groups is 1. The van der Waals surface area contributed by atoms with Gasteiger partial charge in [-0.2, -0.15) is 0 Å². The molecule has 0 fully saturated rings. The summed E-state index contributed by atoms with van der Waals surface area (Å²) in [4.78, 5) is 0. The zero-order valence-electron chi connectivity index (χ0n) is 5.76. The quantitative estimate of drug-likeness (QED) is 0.590. The lowest BCUT2D eigenvalue weighted by molar-refractivity contribution is 0.281. The summed E-state index contributed by atoms with van der Waals surface area (Å²) in [6.07, 6.45) is 3.92. The molecule has 0 amide bonds. The standard InChI is InChI=1S/C7H11NO/c1-6-3-8(2)4-7(6)5-9/h3-4,9H,5H2,1-2H3. The lowest BCUT2D eigenvalue weighted by Crippen LogP contribution is -1.81. The van der Waals surface area contributed by atoms with E-state index in [1.54, 1.807) is 0 Å². The van der Waals surface area contributed by atoms with Gasteiger partial charge in [0.25, 0.3) is 0 Å². The first-order chi connectivity index (χ1) is 4.24. The Morgan fingerprint density at radius 1 is 1.56 bits per heavy atom. The van der Waals surface area contributed by atoms with Crippen LogP contribution in [0.4, 0.5) is 0 Å². The number of aromatic nitrogens is 1. The number of aliphatic hydroxyl groups excluding tert-OH is 1. The molecule has 0 atom stereocenters. The van der Waals surface area contributed by atoms with Gasteiger partial charge < -0.3 is 9.67 Å². The minimum atomic E-state index is 0.146. The van der Waals surface area contributed by atoms with E-state index in [9.17, 15) is 0 Å². The van der Waals surface area contributed by atoms with Crippen molar-refractivity contribution in [1.82, 2.24) is 4.57 Å². The number of hydrogen-bond acceptors (Lipinski definition) is 1. The number of aryl methyl sites for hydroxylation is 2. The molecule has 0 aliphatic carbocycles. The largest absolute Gasteiger partial charge is 0.392 e. The average Bonchev–Trinajstić information content (AvgIpc) is 2.10. The maximum atomic E-state index is 8.72. The van der Waals surface area contributed by atoms with Gasteiger partial charge in [-0.1, -0.05) is 0 Å². The van der Waals surface area contributed by atoms with E-state index in [-0.39, 0.29) is 6.61 Å². The maximum Gasteiger partial charge on any atom is 0.0699 e. The predicted molar refractivity (Wildman–Crippen MR) is 36.1 cm³/mol. The normalized spacial score (nSPS) is 10.1. The van der Waals surface area contributed by atoms with Crippen LogP contribution in [0.2, 0.25) is 0 Å². The topological polar surface area (TPSA) is 25.2 Å². The Hall–Kier alpha value is -0.760. The van der Waals surface area contributed by atoms with Crippen LogP contribution in [0.15, 0.2) is 12.4 Å². The molecule has 1 aromatic heterocycles. The van der Waals surface area contributed by atoms with E-state index in [1.807, 2.05) is 30.9 Å². The first kappa shape index (κ1) is 6.36. The van der Waals surface area contributed by atoms with Crippen molar-refractivity contribution < 1.29 is 5.11 Å². The summed E-state index contributed by atoms with van der Waals surface area (Å²) in [5.41, 5.74) is 2.16. The Morgan fingerprint density at radius 3 is 2.44 bits per heavy atom. The summed E-state index contributed by atoms with van der Waals surface area (Å²) in [7, 11) is 1.95. The van der Waals surface area contributed by atoms with Gasteiger partial charge in [0.15, 0.2) is 0 Å². The van der Waals surface area contributed by atoms with E-state index in [0.29, 0.717) is 0 Å². The molecule has 0 bridgehead atoms. The molecule has 0 unspecified atom stereocenters. The summed E-state index contributed by atoms with van der Waals surface area (Å²) < 4.78 is 1.95. The van der Waals surface area contributed by atoms with Crippen LogP contribution >= 0.6 is 0 Å². The van der Waals surface area contributed by atoms with E-state index in [0.717, 1.165) is 11.1 Å². The molecule has 9 heavy (non-hydrogen) atoms. The van der Waals surface area contributed by atoms with Crippen molar-refractivity contribution in [1.29, 1.82) is 0 Å². The van der Waals surface area contributed by atoms with Crippen LogP contribution in [-0.2, 0) is 13.7 Å². The summed E-state index contributed by atoms with van der Waals surface area (Å²) in [5, 5.41) is 8.72. The van der Waals surface area contributed by atoms with Crippen LogP contribution in [0.3, 0.4) is 0 Å². The van der Waals surface area contributed by atoms with Gasteiger partial charge in [0.2, 0.25) is 0 Å². The second kappa shape index (κ2) is 2.23. The average molecular weight is 125 g/mol. The molecule has 0 aromatic carbocycles. The molecule has 0 aliphatic rings. The van der Waals surface area contributed by atoms with Crippen LogP contribution in [-0.4, -0.2) is 9.67 Å². The molecular weight excluding hydrogens is 114 g/mol. The van der Waals surface area contributed by atoms with Gasteiger partial charge in [-0.15, -0.1) is 0 Å². The van der Waals surface area contributed by atoms with Crippen LogP contribution in [0, 0.1) is 6.92 Å². The minimum absolute atomic E-state index is 0.146. The third-order valence-electron chi connectivity index (χ3n) is 1.43. The Kier molecular flexibility index (Phi) is 1.58. The highest BCUT2D eigenvalue weighted by Crippen LogP contribution is 2.06. The smallest absolute Gasteiger partial charge is 0.0699 e. The van der Waals surface area contributed by atoms with Crippen molar-refractivity contribution in [3.8, 4) is 0 Å². The molecule has 0 radical (unpaired) electrons. The molecule has 2 nitrogen and oxygen atoms in total. The highest BCUT2D eigenvalue weighted by atomic mass is 16.3. The molecule has 0 saturated heterocycles. The Labute approximate surface area is 54.7 Å². The first-order valence-corrected chi connectivity index (χ1v) is 2.96. The van der Waals surface area contributed by atoms with Crippen LogP contribution in [0.5, 0.6) is 0 Å². The number of hydrogen-bond donors (Lipinski definition) is 1. The first-order valence-electron chi connectivity index (χ1n) is 2.96. The maximum absolute atomic E-state index is 8.72. The van der Waals surface area contributed by atoms with Gasteiger partial charge in [0, 0.05) is 19.4 Å². The van der Waals surface area contributed by atoms with E-state index < -0.39 is 0 Å². The fraction of sp³-hybridized carbons (Fsp3) is 0.429. The van der Waals surface area contributed by atoms with Crippen LogP contribution < -0.4 is 0 Å². The summed E-state index contributed by atoms with van der Waals surface area (Å²) >= 11 is 0. The minimum Gasteiger partial charge on any atom is -0.392 e. The molecule has 1 rings (SSSR count). The monoisotopic (exact) mass is 125 g/mol. The summed E-state index contributed by atoms with van der Waals surface area (Å²) in [5.74, 6) is 0. The molecule has 1 heterocycles. The van der Waals surface area contributed by atoms with Crippen LogP contribution in [0.1, 0.15) is 11.1 Å². The molecule has 2 heteroatoms. The zero-order chi connectivity index (χ0) is 6.85. The van der Waals surface area contributed by atoms with Gasteiger partial charge >= 0.3 is 0 Å². The second-order valence-electron chi connectivity index (χ2n) is 2.29. The molecule has 1 N–H and O–H groups in total. The van der Waals surface area contributed by atoms with E-state index in [4.69, 9.17) is 5.11 Å². The zero-order valence-corrected chi connectivity index (χ0v) is 5.76. The van der Waals surface area contributed by atoms with Gasteiger partial charge in [0.1, 0.15) is 0 Å². The Morgan fingerprint density at radius 2 is 2.22 bits per heavy atom. The number of rotatable bonds is 1.